The lowest BCUT2D eigenvalue weighted by Crippen LogP contribution is -2.40. The highest BCUT2D eigenvalue weighted by Gasteiger charge is 2.21. The number of nitrogens with zero attached hydrogens (tertiary/aromatic N) is 1. The average Bonchev–Trinajstić information content (AvgIpc) is 2.28. The second-order valence-corrected chi connectivity index (χ2v) is 4.82. The van der Waals surface area contributed by atoms with Gasteiger partial charge in [0.05, 0.1) is 0 Å². The molecule has 2 aromatic carbocycles. The molecule has 0 spiro atoms. The fraction of sp³-hybridized carbons (Fsp3) is 0.167. The third kappa shape index (κ3) is 2.10. The smallest absolute Gasteiger partial charge is 0.253 e. The van der Waals surface area contributed by atoms with Crippen LogP contribution in [0.25, 0.3) is 0 Å². The van der Waals surface area contributed by atoms with E-state index in [2.05, 4.69) is 15.9 Å². The molecule has 88 valence electrons. The predicted octanol–water partition coefficient (Wildman–Crippen LogP) is 1.26. The summed E-state index contributed by atoms with van der Waals surface area (Å²) >= 11 is 3.38. The van der Waals surface area contributed by atoms with Crippen molar-refractivity contribution in [2.45, 2.75) is 6.54 Å². The maximum Gasteiger partial charge on any atom is 0.253 e. The fourth-order valence-corrected chi connectivity index (χ4v) is 2.21. The summed E-state index contributed by atoms with van der Waals surface area (Å²) in [5.74, 6) is 0. The largest absolute Gasteiger partial charge is 0.394 e. The first-order chi connectivity index (χ1) is 8.00. The Balaban J connectivity index is 2.21. The van der Waals surface area contributed by atoms with Crippen molar-refractivity contribution in [3.05, 3.63) is 54.7 Å². The number of nitrogen functional groups attached to an aromatic ring is 1. The Labute approximate surface area is 106 Å². The van der Waals surface area contributed by atoms with Gasteiger partial charge in [0.2, 0.25) is 0 Å². The highest BCUT2D eigenvalue weighted by Crippen LogP contribution is 2.19. The summed E-state index contributed by atoms with van der Waals surface area (Å²) in [6.45, 7) is 0.536. The zero-order chi connectivity index (χ0) is 12.6. The van der Waals surface area contributed by atoms with E-state index in [1.165, 1.54) is 0 Å². The van der Waals surface area contributed by atoms with E-state index in [1.54, 1.807) is 11.9 Å². The summed E-state index contributed by atoms with van der Waals surface area (Å²) in [7, 11) is 1.74. The van der Waals surface area contributed by atoms with Gasteiger partial charge in [0.25, 0.3) is 10.9 Å². The summed E-state index contributed by atoms with van der Waals surface area (Å²) in [5.41, 5.74) is 5.83. The first-order valence-corrected chi connectivity index (χ1v) is 5.84. The standard InChI is InChI=1S/C12H11BrN2O2/c1-15(10-9(14)11(16)12(10)17)6-7-3-2-4-8(13)5-7/h2-5H,6,14H2,1H3. The van der Waals surface area contributed by atoms with Crippen molar-refractivity contribution >= 4 is 27.3 Å². The first kappa shape index (κ1) is 11.9. The Morgan fingerprint density at radius 1 is 1.29 bits per heavy atom. The van der Waals surface area contributed by atoms with E-state index in [0.29, 0.717) is 12.2 Å². The lowest BCUT2D eigenvalue weighted by molar-refractivity contribution is 0.910. The summed E-state index contributed by atoms with van der Waals surface area (Å²) in [6.07, 6.45) is 0. The fourth-order valence-electron chi connectivity index (χ4n) is 1.76. The second-order valence-electron chi connectivity index (χ2n) is 3.91. The molecule has 0 unspecified atom stereocenters. The third-order valence-corrected chi connectivity index (χ3v) is 3.10. The highest BCUT2D eigenvalue weighted by molar-refractivity contribution is 9.10. The normalized spacial score (nSPS) is 10.7. The number of nitrogens with two attached hydrogens (primary N) is 1. The molecule has 4 nitrogen and oxygen atoms in total. The van der Waals surface area contributed by atoms with Crippen LogP contribution in [-0.4, -0.2) is 7.05 Å². The Hall–Kier alpha value is -1.62. The van der Waals surface area contributed by atoms with Crippen LogP contribution < -0.4 is 21.5 Å². The van der Waals surface area contributed by atoms with Gasteiger partial charge < -0.3 is 10.6 Å². The van der Waals surface area contributed by atoms with Crippen LogP contribution in [0.4, 0.5) is 11.4 Å². The Morgan fingerprint density at radius 3 is 2.59 bits per heavy atom. The van der Waals surface area contributed by atoms with Crippen molar-refractivity contribution in [2.75, 3.05) is 17.7 Å². The molecule has 2 aromatic rings. The number of anilines is 2. The van der Waals surface area contributed by atoms with Crippen LogP contribution in [0.2, 0.25) is 0 Å². The number of benzene rings is 1. The lowest BCUT2D eigenvalue weighted by Gasteiger charge is -2.21. The molecule has 0 aromatic heterocycles. The maximum atomic E-state index is 11.3. The molecule has 2 N–H and O–H groups in total. The summed E-state index contributed by atoms with van der Waals surface area (Å²) < 4.78 is 0.973. The van der Waals surface area contributed by atoms with Crippen LogP contribution >= 0.6 is 15.9 Å². The molecular formula is C12H11BrN2O2. The van der Waals surface area contributed by atoms with Gasteiger partial charge in [-0.15, -0.1) is 0 Å². The molecule has 0 heterocycles. The Bertz CT molecular complexity index is 629. The molecule has 0 atom stereocenters. The van der Waals surface area contributed by atoms with Gasteiger partial charge in [-0.05, 0) is 17.7 Å². The highest BCUT2D eigenvalue weighted by atomic mass is 79.9. The van der Waals surface area contributed by atoms with E-state index in [1.807, 2.05) is 24.3 Å². The monoisotopic (exact) mass is 294 g/mol. The number of halogens is 1. The van der Waals surface area contributed by atoms with E-state index in [4.69, 9.17) is 5.73 Å². The first-order valence-electron chi connectivity index (χ1n) is 5.05. The van der Waals surface area contributed by atoms with Gasteiger partial charge in [-0.25, -0.2) is 0 Å². The van der Waals surface area contributed by atoms with Gasteiger partial charge in [0.15, 0.2) is 0 Å². The van der Waals surface area contributed by atoms with Crippen molar-refractivity contribution in [3.63, 3.8) is 0 Å². The predicted molar refractivity (Wildman–Crippen MR) is 72.0 cm³/mol. The van der Waals surface area contributed by atoms with Gasteiger partial charge in [0.1, 0.15) is 11.4 Å². The molecule has 0 aliphatic carbocycles. The van der Waals surface area contributed by atoms with Crippen LogP contribution in [0.3, 0.4) is 0 Å². The molecule has 5 heteroatoms. The average molecular weight is 295 g/mol. The van der Waals surface area contributed by atoms with Gasteiger partial charge in [-0.2, -0.15) is 0 Å². The van der Waals surface area contributed by atoms with Crippen molar-refractivity contribution in [1.82, 2.24) is 0 Å². The topological polar surface area (TPSA) is 63.4 Å². The molecule has 0 saturated heterocycles. The zero-order valence-electron chi connectivity index (χ0n) is 9.24. The Morgan fingerprint density at radius 2 is 2.00 bits per heavy atom. The molecule has 2 rings (SSSR count). The van der Waals surface area contributed by atoms with Crippen LogP contribution in [-0.2, 0) is 6.54 Å². The number of hydrogen-bond donors (Lipinski definition) is 1. The minimum Gasteiger partial charge on any atom is -0.394 e. The van der Waals surface area contributed by atoms with Gasteiger partial charge in [-0.3, -0.25) is 9.59 Å². The van der Waals surface area contributed by atoms with Crippen LogP contribution in [0.1, 0.15) is 5.56 Å². The molecule has 0 aliphatic heterocycles. The van der Waals surface area contributed by atoms with E-state index in [0.717, 1.165) is 10.0 Å². The minimum absolute atomic E-state index is 0.0625. The van der Waals surface area contributed by atoms with E-state index >= 15 is 0 Å². The molecular weight excluding hydrogens is 284 g/mol. The summed E-state index contributed by atoms with van der Waals surface area (Å²) in [6, 6.07) is 7.75. The molecule has 0 bridgehead atoms. The lowest BCUT2D eigenvalue weighted by atomic mass is 10.1. The zero-order valence-corrected chi connectivity index (χ0v) is 10.8. The summed E-state index contributed by atoms with van der Waals surface area (Å²) in [4.78, 5) is 24.0. The third-order valence-electron chi connectivity index (χ3n) is 2.61. The van der Waals surface area contributed by atoms with Crippen molar-refractivity contribution in [1.29, 1.82) is 0 Å². The van der Waals surface area contributed by atoms with Gasteiger partial charge in [-0.1, -0.05) is 28.1 Å². The maximum absolute atomic E-state index is 11.3. The van der Waals surface area contributed by atoms with Gasteiger partial charge >= 0.3 is 0 Å². The quantitative estimate of drug-likeness (QED) is 0.866. The molecule has 17 heavy (non-hydrogen) atoms. The Kier molecular flexibility index (Phi) is 3.02. The van der Waals surface area contributed by atoms with Crippen LogP contribution in [0.5, 0.6) is 0 Å². The van der Waals surface area contributed by atoms with E-state index < -0.39 is 10.9 Å². The van der Waals surface area contributed by atoms with E-state index in [-0.39, 0.29) is 5.69 Å². The molecule has 0 radical (unpaired) electrons. The van der Waals surface area contributed by atoms with Crippen LogP contribution in [0, 0.1) is 0 Å². The molecule has 0 saturated carbocycles. The minimum atomic E-state index is -0.582. The molecule has 0 amide bonds. The second kappa shape index (κ2) is 4.33. The van der Waals surface area contributed by atoms with Crippen molar-refractivity contribution in [3.8, 4) is 0 Å². The number of hydrogen-bond acceptors (Lipinski definition) is 4. The molecule has 0 fully saturated rings. The van der Waals surface area contributed by atoms with Crippen molar-refractivity contribution < 1.29 is 0 Å². The summed E-state index contributed by atoms with van der Waals surface area (Å²) in [5, 5.41) is 0. The number of rotatable bonds is 3. The van der Waals surface area contributed by atoms with Gasteiger partial charge in [0, 0.05) is 18.1 Å². The SMILES string of the molecule is CN(Cc1cccc(Br)c1)c1c(N)c(=O)c1=O. The van der Waals surface area contributed by atoms with E-state index in [9.17, 15) is 9.59 Å². The molecule has 0 aliphatic rings. The van der Waals surface area contributed by atoms with Crippen LogP contribution in [0.15, 0.2) is 38.3 Å². The van der Waals surface area contributed by atoms with Crippen molar-refractivity contribution in [2.24, 2.45) is 0 Å².